The van der Waals surface area contributed by atoms with Crippen molar-refractivity contribution in [3.8, 4) is 0 Å². The zero-order valence-corrected chi connectivity index (χ0v) is 10.9. The SMILES string of the molecule is CCC(C)(O)CNc1cc(=O)[nH]c(C(C)C)n1. The maximum absolute atomic E-state index is 11.4. The van der Waals surface area contributed by atoms with Gasteiger partial charge in [-0.05, 0) is 13.3 Å². The molecule has 1 atom stereocenters. The number of aromatic amines is 1. The molecular weight excluding hydrogens is 218 g/mol. The van der Waals surface area contributed by atoms with Crippen molar-refractivity contribution in [1.82, 2.24) is 9.97 Å². The summed E-state index contributed by atoms with van der Waals surface area (Å²) in [5.41, 5.74) is -0.968. The highest BCUT2D eigenvalue weighted by Gasteiger charge is 2.17. The molecule has 1 unspecified atom stereocenters. The van der Waals surface area contributed by atoms with E-state index in [9.17, 15) is 9.90 Å². The first-order valence-corrected chi connectivity index (χ1v) is 5.91. The first kappa shape index (κ1) is 13.7. The summed E-state index contributed by atoms with van der Waals surface area (Å²) in [4.78, 5) is 18.4. The minimum atomic E-state index is -0.789. The van der Waals surface area contributed by atoms with Gasteiger partial charge in [0, 0.05) is 18.5 Å². The van der Waals surface area contributed by atoms with Crippen molar-refractivity contribution in [1.29, 1.82) is 0 Å². The van der Waals surface area contributed by atoms with Crippen molar-refractivity contribution in [2.24, 2.45) is 0 Å². The Balaban J connectivity index is 2.82. The molecule has 0 saturated heterocycles. The third kappa shape index (κ3) is 4.19. The van der Waals surface area contributed by atoms with Gasteiger partial charge in [-0.15, -0.1) is 0 Å². The Morgan fingerprint density at radius 3 is 2.76 bits per heavy atom. The number of aromatic nitrogens is 2. The number of anilines is 1. The number of rotatable bonds is 5. The van der Waals surface area contributed by atoms with Crippen LogP contribution >= 0.6 is 0 Å². The second-order valence-corrected chi connectivity index (χ2v) is 4.87. The standard InChI is InChI=1S/C12H21N3O2/c1-5-12(4,17)7-13-9-6-10(16)15-11(14-9)8(2)3/h6,8,17H,5,7H2,1-4H3,(H2,13,14,15,16). The van der Waals surface area contributed by atoms with Crippen LogP contribution in [-0.4, -0.2) is 27.2 Å². The highest BCUT2D eigenvalue weighted by atomic mass is 16.3. The van der Waals surface area contributed by atoms with E-state index in [1.54, 1.807) is 6.92 Å². The zero-order chi connectivity index (χ0) is 13.1. The van der Waals surface area contributed by atoms with Crippen LogP contribution in [0.4, 0.5) is 5.82 Å². The third-order valence-electron chi connectivity index (χ3n) is 2.72. The molecule has 1 heterocycles. The van der Waals surface area contributed by atoms with Crippen molar-refractivity contribution in [2.75, 3.05) is 11.9 Å². The van der Waals surface area contributed by atoms with E-state index < -0.39 is 5.60 Å². The lowest BCUT2D eigenvalue weighted by Gasteiger charge is -2.22. The van der Waals surface area contributed by atoms with Gasteiger partial charge in [0.1, 0.15) is 11.6 Å². The zero-order valence-electron chi connectivity index (χ0n) is 10.9. The van der Waals surface area contributed by atoms with E-state index in [1.165, 1.54) is 6.07 Å². The molecule has 0 amide bonds. The Hall–Kier alpha value is -1.36. The topological polar surface area (TPSA) is 78.0 Å². The number of hydrogen-bond acceptors (Lipinski definition) is 4. The van der Waals surface area contributed by atoms with E-state index in [-0.39, 0.29) is 11.5 Å². The minimum Gasteiger partial charge on any atom is -0.388 e. The fourth-order valence-corrected chi connectivity index (χ4v) is 1.25. The molecule has 0 aromatic carbocycles. The lowest BCUT2D eigenvalue weighted by Crippen LogP contribution is -2.33. The maximum atomic E-state index is 11.4. The van der Waals surface area contributed by atoms with Gasteiger partial charge in [-0.3, -0.25) is 4.79 Å². The Kier molecular flexibility index (Phi) is 4.28. The Labute approximate surface area is 101 Å². The molecule has 1 aromatic heterocycles. The summed E-state index contributed by atoms with van der Waals surface area (Å²) in [7, 11) is 0. The van der Waals surface area contributed by atoms with Crippen LogP contribution in [0.25, 0.3) is 0 Å². The van der Waals surface area contributed by atoms with E-state index in [0.29, 0.717) is 24.6 Å². The van der Waals surface area contributed by atoms with Crippen LogP contribution in [0.15, 0.2) is 10.9 Å². The molecule has 5 nitrogen and oxygen atoms in total. The van der Waals surface area contributed by atoms with Gasteiger partial charge in [0.2, 0.25) is 0 Å². The van der Waals surface area contributed by atoms with Gasteiger partial charge < -0.3 is 15.4 Å². The van der Waals surface area contributed by atoms with Crippen molar-refractivity contribution in [3.63, 3.8) is 0 Å². The van der Waals surface area contributed by atoms with Gasteiger partial charge in [-0.25, -0.2) is 4.98 Å². The van der Waals surface area contributed by atoms with Crippen LogP contribution in [0, 0.1) is 0 Å². The van der Waals surface area contributed by atoms with E-state index in [1.807, 2.05) is 20.8 Å². The van der Waals surface area contributed by atoms with Crippen molar-refractivity contribution in [2.45, 2.75) is 45.6 Å². The Morgan fingerprint density at radius 2 is 2.24 bits per heavy atom. The van der Waals surface area contributed by atoms with Crippen molar-refractivity contribution < 1.29 is 5.11 Å². The van der Waals surface area contributed by atoms with Gasteiger partial charge in [-0.2, -0.15) is 0 Å². The summed E-state index contributed by atoms with van der Waals surface area (Å²) < 4.78 is 0. The van der Waals surface area contributed by atoms with E-state index in [4.69, 9.17) is 0 Å². The van der Waals surface area contributed by atoms with E-state index >= 15 is 0 Å². The molecule has 1 rings (SSSR count). The predicted molar refractivity (Wildman–Crippen MR) is 68.4 cm³/mol. The van der Waals surface area contributed by atoms with Crippen molar-refractivity contribution >= 4 is 5.82 Å². The fraction of sp³-hybridized carbons (Fsp3) is 0.667. The van der Waals surface area contributed by atoms with Crippen LogP contribution in [0.5, 0.6) is 0 Å². The number of nitrogens with one attached hydrogen (secondary N) is 2. The smallest absolute Gasteiger partial charge is 0.252 e. The summed E-state index contributed by atoms with van der Waals surface area (Å²) in [6, 6.07) is 1.40. The van der Waals surface area contributed by atoms with Crippen LogP contribution in [0.3, 0.4) is 0 Å². The van der Waals surface area contributed by atoms with E-state index in [0.717, 1.165) is 0 Å². The van der Waals surface area contributed by atoms with E-state index in [2.05, 4.69) is 15.3 Å². The van der Waals surface area contributed by atoms with Gasteiger partial charge in [0.25, 0.3) is 5.56 Å². The summed E-state index contributed by atoms with van der Waals surface area (Å²) >= 11 is 0. The van der Waals surface area contributed by atoms with Crippen LogP contribution in [0.1, 0.15) is 45.9 Å². The highest BCUT2D eigenvalue weighted by molar-refractivity contribution is 5.33. The average Bonchev–Trinajstić information content (AvgIpc) is 2.26. The molecule has 0 aliphatic rings. The normalized spacial score (nSPS) is 14.7. The molecule has 0 aliphatic carbocycles. The van der Waals surface area contributed by atoms with Crippen molar-refractivity contribution in [3.05, 3.63) is 22.2 Å². The van der Waals surface area contributed by atoms with Crippen LogP contribution < -0.4 is 10.9 Å². The van der Waals surface area contributed by atoms with Gasteiger partial charge >= 0.3 is 0 Å². The summed E-state index contributed by atoms with van der Waals surface area (Å²) in [5, 5.41) is 12.8. The lowest BCUT2D eigenvalue weighted by atomic mass is 10.0. The second kappa shape index (κ2) is 5.31. The average molecular weight is 239 g/mol. The highest BCUT2D eigenvalue weighted by Crippen LogP contribution is 2.12. The Bertz CT molecular complexity index is 424. The third-order valence-corrected chi connectivity index (χ3v) is 2.72. The van der Waals surface area contributed by atoms with Gasteiger partial charge in [0.05, 0.1) is 5.60 Å². The monoisotopic (exact) mass is 239 g/mol. The summed E-state index contributed by atoms with van der Waals surface area (Å²) in [6.45, 7) is 7.95. The van der Waals surface area contributed by atoms with Crippen LogP contribution in [-0.2, 0) is 0 Å². The molecule has 96 valence electrons. The first-order chi connectivity index (χ1) is 7.84. The molecule has 0 aliphatic heterocycles. The molecule has 3 N–H and O–H groups in total. The first-order valence-electron chi connectivity index (χ1n) is 5.91. The fourth-order valence-electron chi connectivity index (χ4n) is 1.25. The quantitative estimate of drug-likeness (QED) is 0.727. The molecule has 0 bridgehead atoms. The molecule has 0 fully saturated rings. The number of H-pyrrole nitrogens is 1. The molecule has 0 saturated carbocycles. The number of aliphatic hydroxyl groups is 1. The molecule has 1 aromatic rings. The largest absolute Gasteiger partial charge is 0.388 e. The van der Waals surface area contributed by atoms with Gasteiger partial charge in [0.15, 0.2) is 0 Å². The summed E-state index contributed by atoms with van der Waals surface area (Å²) in [5.74, 6) is 1.32. The summed E-state index contributed by atoms with van der Waals surface area (Å²) in [6.07, 6.45) is 0.639. The lowest BCUT2D eigenvalue weighted by molar-refractivity contribution is 0.0696. The molecule has 0 spiro atoms. The maximum Gasteiger partial charge on any atom is 0.252 e. The predicted octanol–water partition coefficient (Wildman–Crippen LogP) is 1.47. The van der Waals surface area contributed by atoms with Crippen LogP contribution in [0.2, 0.25) is 0 Å². The number of hydrogen-bond donors (Lipinski definition) is 3. The Morgan fingerprint density at radius 1 is 1.59 bits per heavy atom. The van der Waals surface area contributed by atoms with Gasteiger partial charge in [-0.1, -0.05) is 20.8 Å². The molecular formula is C12H21N3O2. The molecule has 17 heavy (non-hydrogen) atoms. The molecule has 5 heteroatoms. The number of nitrogens with zero attached hydrogens (tertiary/aromatic N) is 1. The molecule has 0 radical (unpaired) electrons. The minimum absolute atomic E-state index is 0.163. The second-order valence-electron chi connectivity index (χ2n) is 4.87.